The Bertz CT molecular complexity index is 2310. The topological polar surface area (TPSA) is 8.17 Å². The zero-order valence-electron chi connectivity index (χ0n) is 24.8. The molecule has 2 nitrogen and oxygen atoms in total. The fourth-order valence-electron chi connectivity index (χ4n) is 7.03. The summed E-state index contributed by atoms with van der Waals surface area (Å²) in [4.78, 5) is 2.45. The van der Waals surface area contributed by atoms with Crippen LogP contribution in [0.25, 0.3) is 49.7 Å². The molecule has 0 saturated carbocycles. The molecule has 0 saturated heterocycles. The van der Waals surface area contributed by atoms with Crippen LogP contribution >= 0.6 is 0 Å². The van der Waals surface area contributed by atoms with Crippen LogP contribution in [0.3, 0.4) is 0 Å². The van der Waals surface area contributed by atoms with Gasteiger partial charge in [0.05, 0.1) is 16.7 Å². The fourth-order valence-corrected chi connectivity index (χ4v) is 7.03. The van der Waals surface area contributed by atoms with E-state index in [0.29, 0.717) is 0 Å². The molecule has 0 unspecified atom stereocenters. The van der Waals surface area contributed by atoms with E-state index >= 15 is 0 Å². The zero-order valence-corrected chi connectivity index (χ0v) is 24.8. The van der Waals surface area contributed by atoms with Crippen molar-refractivity contribution in [3.63, 3.8) is 0 Å². The largest absolute Gasteiger partial charge is 0.310 e. The van der Waals surface area contributed by atoms with Crippen molar-refractivity contribution in [2.45, 2.75) is 6.42 Å². The van der Waals surface area contributed by atoms with Crippen LogP contribution in [0.1, 0.15) is 11.1 Å². The Balaban J connectivity index is 1.18. The van der Waals surface area contributed by atoms with Crippen molar-refractivity contribution in [1.82, 2.24) is 4.57 Å². The molecule has 0 amide bonds. The Morgan fingerprint density at radius 3 is 1.67 bits per heavy atom. The van der Waals surface area contributed by atoms with E-state index in [2.05, 4.69) is 179 Å². The van der Waals surface area contributed by atoms with Gasteiger partial charge in [-0.05, 0) is 81.9 Å². The van der Waals surface area contributed by atoms with E-state index in [9.17, 15) is 0 Å². The van der Waals surface area contributed by atoms with Gasteiger partial charge in [-0.3, -0.25) is 0 Å². The molecule has 212 valence electrons. The van der Waals surface area contributed by atoms with Crippen LogP contribution in [0, 0.1) is 0 Å². The highest BCUT2D eigenvalue weighted by Crippen LogP contribution is 2.47. The van der Waals surface area contributed by atoms with E-state index in [4.69, 9.17) is 0 Å². The highest BCUT2D eigenvalue weighted by atomic mass is 15.2. The summed E-state index contributed by atoms with van der Waals surface area (Å²) in [5.74, 6) is 0. The highest BCUT2D eigenvalue weighted by Gasteiger charge is 2.26. The maximum atomic E-state index is 2.45. The number of benzene rings is 7. The summed E-state index contributed by atoms with van der Waals surface area (Å²) in [7, 11) is 0. The van der Waals surface area contributed by atoms with E-state index in [1.165, 1.54) is 72.2 Å². The third-order valence-electron chi connectivity index (χ3n) is 9.19. The van der Waals surface area contributed by atoms with Gasteiger partial charge in [-0.2, -0.15) is 0 Å². The molecule has 0 fully saturated rings. The molecule has 0 aliphatic carbocycles. The van der Waals surface area contributed by atoms with Gasteiger partial charge in [0.25, 0.3) is 0 Å². The maximum absolute atomic E-state index is 2.45. The van der Waals surface area contributed by atoms with Crippen molar-refractivity contribution < 1.29 is 0 Å². The van der Waals surface area contributed by atoms with Crippen LogP contribution in [-0.2, 0) is 6.42 Å². The van der Waals surface area contributed by atoms with Gasteiger partial charge in [0.1, 0.15) is 0 Å². The summed E-state index contributed by atoms with van der Waals surface area (Å²) >= 11 is 0. The molecule has 0 spiro atoms. The molecule has 0 N–H and O–H groups in total. The van der Waals surface area contributed by atoms with Crippen molar-refractivity contribution in [3.05, 3.63) is 181 Å². The SMILES string of the molecule is c1ccc(-c2ccc(-c3ccc(N4c5ccccc5Cc5cc6c7ccccc7n(-c7ccccc7)c6cc54)cc3)cc2)cc1. The number of para-hydroxylation sites is 3. The number of hydrogen-bond acceptors (Lipinski definition) is 1. The zero-order chi connectivity index (χ0) is 29.7. The van der Waals surface area contributed by atoms with Gasteiger partial charge in [0.15, 0.2) is 0 Å². The molecule has 1 aliphatic rings. The summed E-state index contributed by atoms with van der Waals surface area (Å²) in [6.45, 7) is 0. The monoisotopic (exact) mass is 574 g/mol. The molecule has 0 atom stereocenters. The lowest BCUT2D eigenvalue weighted by atomic mass is 9.93. The number of anilines is 3. The normalized spacial score (nSPS) is 12.3. The molecule has 7 aromatic carbocycles. The minimum atomic E-state index is 0.911. The fraction of sp³-hybridized carbons (Fsp3) is 0.0233. The molecular weight excluding hydrogens is 544 g/mol. The predicted octanol–water partition coefficient (Wildman–Crippen LogP) is 11.5. The van der Waals surface area contributed by atoms with Crippen LogP contribution in [0.4, 0.5) is 17.1 Å². The van der Waals surface area contributed by atoms with E-state index in [0.717, 1.165) is 12.1 Å². The maximum Gasteiger partial charge on any atom is 0.0562 e. The third kappa shape index (κ3) is 4.26. The minimum absolute atomic E-state index is 0.911. The molecule has 2 heteroatoms. The van der Waals surface area contributed by atoms with E-state index < -0.39 is 0 Å². The van der Waals surface area contributed by atoms with Gasteiger partial charge in [0.2, 0.25) is 0 Å². The smallest absolute Gasteiger partial charge is 0.0562 e. The molecule has 0 radical (unpaired) electrons. The number of nitrogens with zero attached hydrogens (tertiary/aromatic N) is 2. The summed E-state index contributed by atoms with van der Waals surface area (Å²) in [6.07, 6.45) is 0.911. The lowest BCUT2D eigenvalue weighted by Crippen LogP contribution is -2.18. The lowest BCUT2D eigenvalue weighted by Gasteiger charge is -2.34. The van der Waals surface area contributed by atoms with Crippen molar-refractivity contribution in [1.29, 1.82) is 0 Å². The third-order valence-corrected chi connectivity index (χ3v) is 9.19. The minimum Gasteiger partial charge on any atom is -0.310 e. The molecule has 45 heavy (non-hydrogen) atoms. The lowest BCUT2D eigenvalue weighted by molar-refractivity contribution is 1.09. The summed E-state index contributed by atoms with van der Waals surface area (Å²) < 4.78 is 2.41. The first-order valence-corrected chi connectivity index (χ1v) is 15.6. The van der Waals surface area contributed by atoms with Crippen molar-refractivity contribution >= 4 is 38.9 Å². The number of aromatic nitrogens is 1. The first-order valence-electron chi connectivity index (χ1n) is 15.6. The average molecular weight is 575 g/mol. The Morgan fingerprint density at radius 2 is 0.933 bits per heavy atom. The molecule has 8 aromatic rings. The van der Waals surface area contributed by atoms with Crippen molar-refractivity contribution in [2.75, 3.05) is 4.90 Å². The Kier molecular flexibility index (Phi) is 5.92. The second kappa shape index (κ2) is 10.4. The standard InChI is InChI=1S/C43H30N2/c1-3-11-30(12-4-1)31-19-21-32(22-20-31)33-23-25-37(26-24-33)44-40-17-9-7-13-34(40)27-35-28-39-38-16-8-10-18-41(38)45(43(39)29-42(35)44)36-14-5-2-6-15-36/h1-26,28-29H,27H2. The van der Waals surface area contributed by atoms with Gasteiger partial charge >= 0.3 is 0 Å². The van der Waals surface area contributed by atoms with Crippen LogP contribution in [0.2, 0.25) is 0 Å². The number of hydrogen-bond donors (Lipinski definition) is 0. The molecule has 1 aromatic heterocycles. The summed E-state index contributed by atoms with van der Waals surface area (Å²) in [5, 5.41) is 2.58. The van der Waals surface area contributed by atoms with Gasteiger partial charge in [-0.25, -0.2) is 0 Å². The quantitative estimate of drug-likeness (QED) is 0.203. The van der Waals surface area contributed by atoms with Crippen LogP contribution in [0.15, 0.2) is 170 Å². The number of rotatable bonds is 4. The van der Waals surface area contributed by atoms with E-state index in [1.807, 2.05) is 0 Å². The van der Waals surface area contributed by atoms with E-state index in [-0.39, 0.29) is 0 Å². The van der Waals surface area contributed by atoms with Gasteiger partial charge in [-0.15, -0.1) is 0 Å². The van der Waals surface area contributed by atoms with E-state index in [1.54, 1.807) is 0 Å². The van der Waals surface area contributed by atoms with Crippen LogP contribution < -0.4 is 4.90 Å². The van der Waals surface area contributed by atoms with Gasteiger partial charge in [0, 0.05) is 34.3 Å². The van der Waals surface area contributed by atoms with Crippen molar-refractivity contribution in [2.24, 2.45) is 0 Å². The number of fused-ring (bicyclic) bond motifs is 5. The Hall–Kier alpha value is -5.86. The second-order valence-corrected chi connectivity index (χ2v) is 11.8. The second-order valence-electron chi connectivity index (χ2n) is 11.8. The average Bonchev–Trinajstić information content (AvgIpc) is 3.44. The highest BCUT2D eigenvalue weighted by molar-refractivity contribution is 6.11. The molecule has 1 aliphatic heterocycles. The Labute approximate surface area is 263 Å². The van der Waals surface area contributed by atoms with Crippen LogP contribution in [-0.4, -0.2) is 4.57 Å². The van der Waals surface area contributed by atoms with Gasteiger partial charge < -0.3 is 9.47 Å². The van der Waals surface area contributed by atoms with Crippen molar-refractivity contribution in [3.8, 4) is 27.9 Å². The predicted molar refractivity (Wildman–Crippen MR) is 189 cm³/mol. The molecule has 9 rings (SSSR count). The molecular formula is C43H30N2. The summed E-state index contributed by atoms with van der Waals surface area (Å²) in [6, 6.07) is 61.6. The Morgan fingerprint density at radius 1 is 0.356 bits per heavy atom. The first kappa shape index (κ1) is 25.6. The molecule has 0 bridgehead atoms. The van der Waals surface area contributed by atoms with Crippen LogP contribution in [0.5, 0.6) is 0 Å². The summed E-state index contributed by atoms with van der Waals surface area (Å²) in [5.41, 5.74) is 14.9. The van der Waals surface area contributed by atoms with Gasteiger partial charge in [-0.1, -0.05) is 121 Å². The first-order chi connectivity index (χ1) is 22.3. The molecule has 2 heterocycles.